The molecule has 0 radical (unpaired) electrons. The molecule has 0 atom stereocenters. The van der Waals surface area contributed by atoms with Crippen molar-refractivity contribution in [3.05, 3.63) is 63.4 Å². The van der Waals surface area contributed by atoms with Gasteiger partial charge in [-0.1, -0.05) is 22.9 Å². The summed E-state index contributed by atoms with van der Waals surface area (Å²) in [4.78, 5) is 11.0. The van der Waals surface area contributed by atoms with E-state index in [1.54, 1.807) is 25.6 Å². The third kappa shape index (κ3) is 3.93. The number of methoxy groups -OCH3 is 2. The number of nitrogens with zero attached hydrogens (tertiary/aromatic N) is 2. The Labute approximate surface area is 189 Å². The second-order valence-electron chi connectivity index (χ2n) is 7.39. The van der Waals surface area contributed by atoms with Crippen LogP contribution in [0.25, 0.3) is 22.3 Å². The molecule has 7 heteroatoms. The molecule has 0 bridgehead atoms. The number of rotatable bonds is 4. The molecular weight excluding hydrogens is 432 g/mol. The van der Waals surface area contributed by atoms with E-state index in [4.69, 9.17) is 35.5 Å². The van der Waals surface area contributed by atoms with Crippen molar-refractivity contribution in [2.75, 3.05) is 14.2 Å². The summed E-state index contributed by atoms with van der Waals surface area (Å²) >= 11 is 7.96. The quantitative estimate of drug-likeness (QED) is 0.362. The van der Waals surface area contributed by atoms with Crippen molar-refractivity contribution in [1.29, 1.82) is 0 Å². The van der Waals surface area contributed by atoms with Gasteiger partial charge < -0.3 is 13.9 Å². The number of ether oxygens (including phenoxy) is 2. The van der Waals surface area contributed by atoms with Crippen LogP contribution in [0.5, 0.6) is 11.5 Å². The molecule has 0 N–H and O–H groups in total. The first-order valence-electron chi connectivity index (χ1n) is 10.1. The Hall–Kier alpha value is -2.83. The minimum Gasteiger partial charge on any atom is -0.493 e. The lowest BCUT2D eigenvalue weighted by atomic mass is 10.0. The maximum absolute atomic E-state index is 6.28. The van der Waals surface area contributed by atoms with E-state index in [0.717, 1.165) is 34.3 Å². The lowest BCUT2D eigenvalue weighted by Crippen LogP contribution is -2.03. The summed E-state index contributed by atoms with van der Waals surface area (Å²) in [5, 5.41) is 3.04. The molecule has 0 aliphatic heterocycles. The highest BCUT2D eigenvalue weighted by molar-refractivity contribution is 7.15. The molecule has 1 aliphatic rings. The standard InChI is InChI=1S/C24H21ClN2O3S/c1-28-20-9-7-14(11-22(20)29-2)21-13-18(16-12-15(25)8-10-19(16)30-21)27-24-26-17-5-3-4-6-23(17)31-24/h7-13H,3-6H2,1-2H3/b27-18+. The highest BCUT2D eigenvalue weighted by Crippen LogP contribution is 2.34. The van der Waals surface area contributed by atoms with Crippen LogP contribution in [0.15, 0.2) is 51.9 Å². The molecule has 0 fully saturated rings. The van der Waals surface area contributed by atoms with E-state index in [9.17, 15) is 0 Å². The van der Waals surface area contributed by atoms with Crippen LogP contribution < -0.4 is 14.8 Å². The Bertz CT molecular complexity index is 1320. The van der Waals surface area contributed by atoms with E-state index in [-0.39, 0.29) is 0 Å². The zero-order chi connectivity index (χ0) is 21.4. The highest BCUT2D eigenvalue weighted by atomic mass is 35.5. The van der Waals surface area contributed by atoms with E-state index in [1.165, 1.54) is 23.4 Å². The zero-order valence-corrected chi connectivity index (χ0v) is 18.8. The smallest absolute Gasteiger partial charge is 0.210 e. The molecule has 4 aromatic rings. The molecule has 31 heavy (non-hydrogen) atoms. The first-order valence-corrected chi connectivity index (χ1v) is 11.3. The van der Waals surface area contributed by atoms with Crippen LogP contribution in [0.3, 0.4) is 0 Å². The highest BCUT2D eigenvalue weighted by Gasteiger charge is 2.15. The van der Waals surface area contributed by atoms with Crippen molar-refractivity contribution in [3.8, 4) is 22.8 Å². The van der Waals surface area contributed by atoms with Gasteiger partial charge in [0.15, 0.2) is 11.5 Å². The Morgan fingerprint density at radius 2 is 1.84 bits per heavy atom. The fourth-order valence-electron chi connectivity index (χ4n) is 3.85. The molecule has 0 spiro atoms. The minimum atomic E-state index is 0.636. The van der Waals surface area contributed by atoms with Gasteiger partial charge in [-0.05, 0) is 62.1 Å². The Morgan fingerprint density at radius 3 is 2.65 bits per heavy atom. The van der Waals surface area contributed by atoms with Gasteiger partial charge in [0.25, 0.3) is 0 Å². The minimum absolute atomic E-state index is 0.636. The molecule has 0 unspecified atom stereocenters. The Morgan fingerprint density at radius 1 is 1.00 bits per heavy atom. The van der Waals surface area contributed by atoms with Gasteiger partial charge in [-0.3, -0.25) is 0 Å². The summed E-state index contributed by atoms with van der Waals surface area (Å²) in [6.07, 6.45) is 4.55. The fourth-order valence-corrected chi connectivity index (χ4v) is 5.06. The van der Waals surface area contributed by atoms with Crippen LogP contribution in [0.1, 0.15) is 23.4 Å². The summed E-state index contributed by atoms with van der Waals surface area (Å²) < 4.78 is 17.0. The van der Waals surface area contributed by atoms with Crippen molar-refractivity contribution >= 4 is 39.0 Å². The average Bonchev–Trinajstić information content (AvgIpc) is 3.21. The number of benzene rings is 2. The topological polar surface area (TPSA) is 56.9 Å². The molecule has 0 amide bonds. The van der Waals surface area contributed by atoms with Gasteiger partial charge >= 0.3 is 0 Å². The summed E-state index contributed by atoms with van der Waals surface area (Å²) in [5.41, 5.74) is 2.76. The van der Waals surface area contributed by atoms with Gasteiger partial charge in [0.1, 0.15) is 11.3 Å². The van der Waals surface area contributed by atoms with Crippen LogP contribution in [0.2, 0.25) is 5.02 Å². The van der Waals surface area contributed by atoms with Gasteiger partial charge in [-0.25, -0.2) is 9.98 Å². The van der Waals surface area contributed by atoms with Crippen LogP contribution in [0.4, 0.5) is 5.13 Å². The van der Waals surface area contributed by atoms with Gasteiger partial charge in [0, 0.05) is 26.9 Å². The number of hydrogen-bond donors (Lipinski definition) is 0. The summed E-state index contributed by atoms with van der Waals surface area (Å²) in [7, 11) is 3.23. The van der Waals surface area contributed by atoms with Crippen molar-refractivity contribution in [3.63, 3.8) is 0 Å². The predicted octanol–water partition coefficient (Wildman–Crippen LogP) is 6.34. The number of thiazole rings is 1. The van der Waals surface area contributed by atoms with Gasteiger partial charge in [0.05, 0.1) is 25.3 Å². The number of aryl methyl sites for hydroxylation is 2. The number of fused-ring (bicyclic) bond motifs is 2. The van der Waals surface area contributed by atoms with Crippen LogP contribution in [0, 0.1) is 0 Å². The molecule has 5 rings (SSSR count). The molecular formula is C24H21ClN2O3S. The molecule has 0 saturated heterocycles. The first kappa shape index (κ1) is 20.1. The van der Waals surface area contributed by atoms with Crippen LogP contribution >= 0.6 is 22.9 Å². The second kappa shape index (κ2) is 8.36. The molecule has 2 aromatic carbocycles. The van der Waals surface area contributed by atoms with Gasteiger partial charge in [-0.15, -0.1) is 0 Å². The Kier molecular flexibility index (Phi) is 5.42. The van der Waals surface area contributed by atoms with Crippen molar-refractivity contribution in [1.82, 2.24) is 4.98 Å². The molecule has 1 aliphatic carbocycles. The molecule has 0 saturated carbocycles. The van der Waals surface area contributed by atoms with Crippen molar-refractivity contribution in [2.24, 2.45) is 4.99 Å². The number of aromatic nitrogens is 1. The summed E-state index contributed by atoms with van der Waals surface area (Å²) in [6.45, 7) is 0. The van der Waals surface area contributed by atoms with E-state index in [0.29, 0.717) is 27.9 Å². The van der Waals surface area contributed by atoms with Crippen molar-refractivity contribution < 1.29 is 13.9 Å². The van der Waals surface area contributed by atoms with Crippen LogP contribution in [-0.2, 0) is 12.8 Å². The molecule has 2 heterocycles. The molecule has 5 nitrogen and oxygen atoms in total. The molecule has 158 valence electrons. The average molecular weight is 453 g/mol. The number of halogens is 1. The van der Waals surface area contributed by atoms with E-state index < -0.39 is 0 Å². The third-order valence-electron chi connectivity index (χ3n) is 5.42. The monoisotopic (exact) mass is 452 g/mol. The maximum atomic E-state index is 6.28. The largest absolute Gasteiger partial charge is 0.493 e. The lowest BCUT2D eigenvalue weighted by molar-refractivity contribution is 0.355. The predicted molar refractivity (Wildman–Crippen MR) is 124 cm³/mol. The van der Waals surface area contributed by atoms with Gasteiger partial charge in [0.2, 0.25) is 5.13 Å². The van der Waals surface area contributed by atoms with Crippen LogP contribution in [-0.4, -0.2) is 19.2 Å². The Balaban J connectivity index is 1.70. The third-order valence-corrected chi connectivity index (χ3v) is 6.71. The lowest BCUT2D eigenvalue weighted by Gasteiger charge is -2.10. The normalized spacial score (nSPS) is 14.0. The SMILES string of the molecule is COc1ccc(-c2c/c(=N\c3nc4c(s3)CCCC4)c3cc(Cl)ccc3o2)cc1OC. The summed E-state index contributed by atoms with van der Waals surface area (Å²) in [6, 6.07) is 13.2. The van der Waals surface area contributed by atoms with E-state index in [2.05, 4.69) is 0 Å². The molecule has 2 aromatic heterocycles. The van der Waals surface area contributed by atoms with Crippen molar-refractivity contribution in [2.45, 2.75) is 25.7 Å². The number of hydrogen-bond acceptors (Lipinski definition) is 6. The van der Waals surface area contributed by atoms with Gasteiger partial charge in [-0.2, -0.15) is 0 Å². The fraction of sp³-hybridized carbons (Fsp3) is 0.250. The first-order chi connectivity index (χ1) is 15.1. The second-order valence-corrected chi connectivity index (χ2v) is 8.89. The maximum Gasteiger partial charge on any atom is 0.210 e. The zero-order valence-electron chi connectivity index (χ0n) is 17.3. The van der Waals surface area contributed by atoms with E-state index in [1.807, 2.05) is 42.5 Å². The summed E-state index contributed by atoms with van der Waals surface area (Å²) in [5.74, 6) is 1.98. The van der Waals surface area contributed by atoms with E-state index >= 15 is 0 Å².